The number of methoxy groups -OCH3 is 1. The maximum absolute atomic E-state index is 14.2. The minimum absolute atomic E-state index is 0.0342. The molecule has 0 saturated heterocycles. The van der Waals surface area contributed by atoms with E-state index in [9.17, 15) is 4.79 Å². The lowest BCUT2D eigenvalue weighted by molar-refractivity contribution is 0.0729. The molecule has 178 valence electrons. The summed E-state index contributed by atoms with van der Waals surface area (Å²) in [4.78, 5) is 16.1. The summed E-state index contributed by atoms with van der Waals surface area (Å²) in [6.45, 7) is 0.883. The first kappa shape index (κ1) is 23.2. The predicted molar refractivity (Wildman–Crippen MR) is 144 cm³/mol. The van der Waals surface area contributed by atoms with Gasteiger partial charge in [-0.2, -0.15) is 0 Å². The van der Waals surface area contributed by atoms with Crippen LogP contribution in [0.15, 0.2) is 128 Å². The van der Waals surface area contributed by atoms with Gasteiger partial charge in [-0.3, -0.25) is 4.79 Å². The highest BCUT2D eigenvalue weighted by Gasteiger charge is 2.22. The Balaban J connectivity index is 1.57. The molecule has 1 aromatic heterocycles. The van der Waals surface area contributed by atoms with E-state index in [2.05, 4.69) is 24.3 Å². The zero-order valence-corrected chi connectivity index (χ0v) is 20.2. The molecule has 5 rings (SSSR count). The molecule has 0 fully saturated rings. The Kier molecular flexibility index (Phi) is 6.95. The van der Waals surface area contributed by atoms with Crippen LogP contribution in [0.2, 0.25) is 0 Å². The van der Waals surface area contributed by atoms with Gasteiger partial charge in [-0.1, -0.05) is 84.9 Å². The van der Waals surface area contributed by atoms with Gasteiger partial charge in [0.15, 0.2) is 0 Å². The molecule has 1 amide bonds. The normalized spacial score (nSPS) is 10.7. The van der Waals surface area contributed by atoms with E-state index in [0.717, 1.165) is 33.7 Å². The van der Waals surface area contributed by atoms with Crippen LogP contribution in [0.3, 0.4) is 0 Å². The number of amides is 1. The monoisotopic (exact) mass is 472 g/mol. The van der Waals surface area contributed by atoms with Gasteiger partial charge in [0.25, 0.3) is 5.91 Å². The molecule has 0 atom stereocenters. The lowest BCUT2D eigenvalue weighted by Crippen LogP contribution is -2.31. The van der Waals surface area contributed by atoms with Gasteiger partial charge in [0.2, 0.25) is 0 Å². The number of benzene rings is 4. The molecule has 0 aliphatic carbocycles. The number of aromatic nitrogens is 1. The number of para-hydroxylation sites is 2. The molecular weight excluding hydrogens is 444 g/mol. The summed E-state index contributed by atoms with van der Waals surface area (Å²) in [5.41, 5.74) is 5.81. The second-order valence-electron chi connectivity index (χ2n) is 8.60. The minimum Gasteiger partial charge on any atom is -0.496 e. The number of hydrogen-bond donors (Lipinski definition) is 0. The molecule has 4 heteroatoms. The Bertz CT molecular complexity index is 1440. The van der Waals surface area contributed by atoms with Crippen molar-refractivity contribution in [3.05, 3.63) is 144 Å². The molecule has 36 heavy (non-hydrogen) atoms. The van der Waals surface area contributed by atoms with Gasteiger partial charge in [-0.25, -0.2) is 0 Å². The van der Waals surface area contributed by atoms with Gasteiger partial charge in [-0.05, 0) is 47.0 Å². The maximum atomic E-state index is 14.2. The molecule has 0 aliphatic rings. The van der Waals surface area contributed by atoms with E-state index in [1.807, 2.05) is 113 Å². The van der Waals surface area contributed by atoms with Crippen LogP contribution in [0.5, 0.6) is 5.75 Å². The third kappa shape index (κ3) is 4.93. The fourth-order valence-electron chi connectivity index (χ4n) is 4.55. The number of carbonyl (C=O) groups excluding carboxylic acids is 1. The largest absolute Gasteiger partial charge is 0.496 e. The van der Waals surface area contributed by atoms with E-state index < -0.39 is 0 Å². The topological polar surface area (TPSA) is 34.5 Å². The van der Waals surface area contributed by atoms with E-state index in [1.54, 1.807) is 7.11 Å². The van der Waals surface area contributed by atoms with E-state index >= 15 is 0 Å². The Labute approximate surface area is 212 Å². The van der Waals surface area contributed by atoms with Crippen molar-refractivity contribution in [3.63, 3.8) is 0 Å². The summed E-state index contributed by atoms with van der Waals surface area (Å²) in [6, 6.07) is 38.1. The standard InChI is InChI=1S/C32H28N2O2/c1-36-31-20-10-6-16-27(31)24-34(23-26-15-5-7-17-28(26)25-13-3-2-4-14-25)32(35)29-18-8-9-19-30(29)33-21-11-12-22-33/h2-22H,23-24H2,1H3. The third-order valence-electron chi connectivity index (χ3n) is 6.32. The van der Waals surface area contributed by atoms with Crippen molar-refractivity contribution in [2.75, 3.05) is 7.11 Å². The first-order valence-corrected chi connectivity index (χ1v) is 12.0. The van der Waals surface area contributed by atoms with Crippen molar-refractivity contribution in [3.8, 4) is 22.6 Å². The van der Waals surface area contributed by atoms with Crippen LogP contribution in [0.4, 0.5) is 0 Å². The molecule has 0 spiro atoms. The molecule has 0 bridgehead atoms. The van der Waals surface area contributed by atoms with Crippen LogP contribution < -0.4 is 4.74 Å². The Morgan fingerprint density at radius 1 is 0.694 bits per heavy atom. The van der Waals surface area contributed by atoms with Crippen LogP contribution in [0.25, 0.3) is 16.8 Å². The van der Waals surface area contributed by atoms with Crippen molar-refractivity contribution in [1.29, 1.82) is 0 Å². The quantitative estimate of drug-likeness (QED) is 0.244. The van der Waals surface area contributed by atoms with Gasteiger partial charge in [-0.15, -0.1) is 0 Å². The molecule has 0 N–H and O–H groups in total. The fourth-order valence-corrected chi connectivity index (χ4v) is 4.55. The highest BCUT2D eigenvalue weighted by atomic mass is 16.5. The zero-order valence-electron chi connectivity index (χ0n) is 20.2. The molecule has 0 unspecified atom stereocenters. The van der Waals surface area contributed by atoms with Gasteiger partial charge in [0.1, 0.15) is 5.75 Å². The van der Waals surface area contributed by atoms with E-state index in [4.69, 9.17) is 4.74 Å². The molecule has 0 saturated carbocycles. The van der Waals surface area contributed by atoms with Crippen LogP contribution in [-0.4, -0.2) is 22.5 Å². The van der Waals surface area contributed by atoms with Gasteiger partial charge in [0.05, 0.1) is 18.4 Å². The lowest BCUT2D eigenvalue weighted by Gasteiger charge is -2.26. The highest BCUT2D eigenvalue weighted by molar-refractivity contribution is 5.98. The zero-order chi connectivity index (χ0) is 24.7. The summed E-state index contributed by atoms with van der Waals surface area (Å²) in [7, 11) is 1.66. The summed E-state index contributed by atoms with van der Waals surface area (Å²) in [5, 5.41) is 0. The van der Waals surface area contributed by atoms with Gasteiger partial charge < -0.3 is 14.2 Å². The first-order valence-electron chi connectivity index (χ1n) is 12.0. The lowest BCUT2D eigenvalue weighted by atomic mass is 9.99. The molecule has 0 aliphatic heterocycles. The number of ether oxygens (including phenoxy) is 1. The Morgan fingerprint density at radius 3 is 2.08 bits per heavy atom. The van der Waals surface area contributed by atoms with Crippen LogP contribution in [-0.2, 0) is 13.1 Å². The number of nitrogens with zero attached hydrogens (tertiary/aromatic N) is 2. The Morgan fingerprint density at radius 2 is 1.31 bits per heavy atom. The van der Waals surface area contributed by atoms with Crippen LogP contribution >= 0.6 is 0 Å². The van der Waals surface area contributed by atoms with Gasteiger partial charge >= 0.3 is 0 Å². The fraction of sp³-hybridized carbons (Fsp3) is 0.0938. The average molecular weight is 473 g/mol. The predicted octanol–water partition coefficient (Wildman–Crippen LogP) is 7.00. The molecular formula is C32H28N2O2. The van der Waals surface area contributed by atoms with Crippen molar-refractivity contribution in [2.45, 2.75) is 13.1 Å². The van der Waals surface area contributed by atoms with Crippen molar-refractivity contribution in [2.24, 2.45) is 0 Å². The average Bonchev–Trinajstić information content (AvgIpc) is 3.48. The van der Waals surface area contributed by atoms with Crippen LogP contribution in [0, 0.1) is 0 Å². The number of rotatable bonds is 8. The molecule has 1 heterocycles. The Hall–Kier alpha value is -4.57. The van der Waals surface area contributed by atoms with E-state index in [-0.39, 0.29) is 5.91 Å². The molecule has 0 radical (unpaired) electrons. The molecule has 4 aromatic carbocycles. The third-order valence-corrected chi connectivity index (χ3v) is 6.32. The smallest absolute Gasteiger partial charge is 0.256 e. The van der Waals surface area contributed by atoms with Crippen LogP contribution in [0.1, 0.15) is 21.5 Å². The number of carbonyl (C=O) groups is 1. The minimum atomic E-state index is -0.0342. The molecule has 4 nitrogen and oxygen atoms in total. The highest BCUT2D eigenvalue weighted by Crippen LogP contribution is 2.28. The van der Waals surface area contributed by atoms with Crippen molar-refractivity contribution >= 4 is 5.91 Å². The van der Waals surface area contributed by atoms with E-state index in [1.165, 1.54) is 0 Å². The van der Waals surface area contributed by atoms with E-state index in [0.29, 0.717) is 18.7 Å². The second-order valence-corrected chi connectivity index (χ2v) is 8.60. The second kappa shape index (κ2) is 10.8. The summed E-state index contributed by atoms with van der Waals surface area (Å²) in [5.74, 6) is 0.735. The maximum Gasteiger partial charge on any atom is 0.256 e. The van der Waals surface area contributed by atoms with Crippen molar-refractivity contribution in [1.82, 2.24) is 9.47 Å². The summed E-state index contributed by atoms with van der Waals surface area (Å²) >= 11 is 0. The van der Waals surface area contributed by atoms with Gasteiger partial charge in [0, 0.05) is 31.0 Å². The summed E-state index contributed by atoms with van der Waals surface area (Å²) < 4.78 is 7.59. The first-order chi connectivity index (χ1) is 17.7. The summed E-state index contributed by atoms with van der Waals surface area (Å²) in [6.07, 6.45) is 3.92. The number of hydrogen-bond acceptors (Lipinski definition) is 2. The van der Waals surface area contributed by atoms with Crippen molar-refractivity contribution < 1.29 is 9.53 Å². The SMILES string of the molecule is COc1ccccc1CN(Cc1ccccc1-c1ccccc1)C(=O)c1ccccc1-n1cccc1. The molecule has 5 aromatic rings.